The van der Waals surface area contributed by atoms with E-state index in [0.717, 1.165) is 18.3 Å². The Hall–Kier alpha value is 0.310. The molecule has 2 unspecified atom stereocenters. The molecule has 1 nitrogen and oxygen atoms in total. The molecule has 2 fully saturated rings. The summed E-state index contributed by atoms with van der Waals surface area (Å²) < 4.78 is 6.43. The molecule has 2 aliphatic carbocycles. The molecule has 0 spiro atoms. The summed E-state index contributed by atoms with van der Waals surface area (Å²) in [4.78, 5) is 0. The minimum Gasteiger partial charge on any atom is -0.377 e. The van der Waals surface area contributed by atoms with Crippen molar-refractivity contribution in [2.24, 2.45) is 11.3 Å². The Balaban J connectivity index is 1.87. The number of ether oxygens (including phenoxy) is 1. The molecule has 2 saturated carbocycles. The zero-order valence-electron chi connectivity index (χ0n) is 12.7. The molecule has 2 heteroatoms. The smallest absolute Gasteiger partial charge is 0.0603 e. The minimum absolute atomic E-state index is 0.384. The number of hydrogen-bond donors (Lipinski definition) is 1. The van der Waals surface area contributed by atoms with Crippen LogP contribution in [0.5, 0.6) is 0 Å². The van der Waals surface area contributed by atoms with Crippen LogP contribution in [0.3, 0.4) is 0 Å². The predicted octanol–water partition coefficient (Wildman–Crippen LogP) is 5.24. The fourth-order valence-electron chi connectivity index (χ4n) is 3.97. The van der Waals surface area contributed by atoms with Gasteiger partial charge in [-0.15, -0.1) is 0 Å². The third-order valence-electron chi connectivity index (χ3n) is 5.47. The first kappa shape index (κ1) is 15.7. The molecule has 0 aliphatic heterocycles. The topological polar surface area (TPSA) is 9.23 Å². The third kappa shape index (κ3) is 4.39. The van der Waals surface area contributed by atoms with Crippen molar-refractivity contribution in [2.75, 3.05) is 12.4 Å². The Morgan fingerprint density at radius 2 is 1.68 bits per heavy atom. The van der Waals surface area contributed by atoms with Crippen molar-refractivity contribution < 1.29 is 4.74 Å². The Kier molecular flexibility index (Phi) is 6.55. The van der Waals surface area contributed by atoms with Crippen molar-refractivity contribution in [1.82, 2.24) is 0 Å². The number of thiol groups is 1. The van der Waals surface area contributed by atoms with Crippen LogP contribution in [0.25, 0.3) is 0 Å². The molecule has 0 bridgehead atoms. The molecule has 112 valence electrons. The van der Waals surface area contributed by atoms with Gasteiger partial charge in [-0.25, -0.2) is 0 Å². The van der Waals surface area contributed by atoms with Crippen molar-refractivity contribution in [3.05, 3.63) is 0 Å². The average molecular weight is 285 g/mol. The van der Waals surface area contributed by atoms with Crippen LogP contribution in [-0.2, 0) is 4.74 Å². The van der Waals surface area contributed by atoms with Gasteiger partial charge in [0.25, 0.3) is 0 Å². The lowest BCUT2D eigenvalue weighted by atomic mass is 9.82. The quantitative estimate of drug-likeness (QED) is 0.536. The Morgan fingerprint density at radius 1 is 1.00 bits per heavy atom. The van der Waals surface area contributed by atoms with Crippen LogP contribution in [-0.4, -0.2) is 18.5 Å². The highest BCUT2D eigenvalue weighted by molar-refractivity contribution is 7.80. The number of hydrogen-bond acceptors (Lipinski definition) is 2. The highest BCUT2D eigenvalue weighted by Crippen LogP contribution is 2.38. The van der Waals surface area contributed by atoms with Crippen molar-refractivity contribution in [3.63, 3.8) is 0 Å². The molecule has 2 atom stereocenters. The van der Waals surface area contributed by atoms with E-state index >= 15 is 0 Å². The standard InChI is InChI=1S/C17H32OS/c1-2-15-9-5-6-10-16(15)18-13-17(14-19)11-7-3-4-8-12-17/h15-16,19H,2-14H2,1H3. The van der Waals surface area contributed by atoms with E-state index in [9.17, 15) is 0 Å². The summed E-state index contributed by atoms with van der Waals surface area (Å²) in [5.41, 5.74) is 0.384. The van der Waals surface area contributed by atoms with Crippen molar-refractivity contribution in [2.45, 2.75) is 83.7 Å². The first-order valence-corrected chi connectivity index (χ1v) is 9.15. The Morgan fingerprint density at radius 3 is 2.32 bits per heavy atom. The van der Waals surface area contributed by atoms with E-state index in [1.165, 1.54) is 70.6 Å². The lowest BCUT2D eigenvalue weighted by Gasteiger charge is -2.36. The molecular weight excluding hydrogens is 252 g/mol. The van der Waals surface area contributed by atoms with E-state index in [1.807, 2.05) is 0 Å². The van der Waals surface area contributed by atoms with Gasteiger partial charge in [-0.2, -0.15) is 12.6 Å². The molecule has 2 aliphatic rings. The van der Waals surface area contributed by atoms with Gasteiger partial charge in [0, 0.05) is 5.41 Å². The molecule has 19 heavy (non-hydrogen) atoms. The summed E-state index contributed by atoms with van der Waals surface area (Å²) in [6.07, 6.45) is 15.5. The molecular formula is C17H32OS. The predicted molar refractivity (Wildman–Crippen MR) is 86.0 cm³/mol. The van der Waals surface area contributed by atoms with E-state index < -0.39 is 0 Å². The maximum absolute atomic E-state index is 6.43. The highest BCUT2D eigenvalue weighted by atomic mass is 32.1. The summed E-state index contributed by atoms with van der Waals surface area (Å²) in [6.45, 7) is 3.30. The summed E-state index contributed by atoms with van der Waals surface area (Å²) in [7, 11) is 0. The monoisotopic (exact) mass is 284 g/mol. The molecule has 0 N–H and O–H groups in total. The molecule has 0 saturated heterocycles. The van der Waals surface area contributed by atoms with Crippen LogP contribution >= 0.6 is 12.6 Å². The largest absolute Gasteiger partial charge is 0.377 e. The van der Waals surface area contributed by atoms with Crippen LogP contribution in [0.4, 0.5) is 0 Å². The van der Waals surface area contributed by atoms with Gasteiger partial charge in [0.2, 0.25) is 0 Å². The zero-order valence-corrected chi connectivity index (χ0v) is 13.6. The fourth-order valence-corrected chi connectivity index (χ4v) is 4.38. The summed E-state index contributed by atoms with van der Waals surface area (Å²) in [5.74, 6) is 1.83. The van der Waals surface area contributed by atoms with Crippen LogP contribution < -0.4 is 0 Å². The second-order valence-electron chi connectivity index (χ2n) is 6.87. The fraction of sp³-hybridized carbons (Fsp3) is 1.00. The summed E-state index contributed by atoms with van der Waals surface area (Å²) in [6, 6.07) is 0. The first-order valence-electron chi connectivity index (χ1n) is 8.52. The van der Waals surface area contributed by atoms with Gasteiger partial charge in [0.05, 0.1) is 12.7 Å². The van der Waals surface area contributed by atoms with Gasteiger partial charge in [0.1, 0.15) is 0 Å². The van der Waals surface area contributed by atoms with E-state index in [4.69, 9.17) is 4.74 Å². The molecule has 0 aromatic heterocycles. The number of rotatable bonds is 5. The van der Waals surface area contributed by atoms with E-state index in [-0.39, 0.29) is 0 Å². The second kappa shape index (κ2) is 7.93. The summed E-state index contributed by atoms with van der Waals surface area (Å²) >= 11 is 4.66. The normalized spacial score (nSPS) is 31.9. The molecule has 2 rings (SSSR count). The van der Waals surface area contributed by atoms with Gasteiger partial charge in [-0.1, -0.05) is 51.9 Å². The van der Waals surface area contributed by atoms with Gasteiger partial charge in [-0.05, 0) is 37.4 Å². The lowest BCUT2D eigenvalue weighted by Crippen LogP contribution is -2.35. The van der Waals surface area contributed by atoms with Gasteiger partial charge >= 0.3 is 0 Å². The van der Waals surface area contributed by atoms with Crippen molar-refractivity contribution >= 4 is 12.6 Å². The minimum atomic E-state index is 0.384. The van der Waals surface area contributed by atoms with Gasteiger partial charge in [0.15, 0.2) is 0 Å². The van der Waals surface area contributed by atoms with E-state index in [1.54, 1.807) is 0 Å². The maximum atomic E-state index is 6.43. The van der Waals surface area contributed by atoms with Crippen LogP contribution in [0.15, 0.2) is 0 Å². The zero-order chi connectivity index (χ0) is 13.6. The second-order valence-corrected chi connectivity index (χ2v) is 7.19. The first-order chi connectivity index (χ1) is 9.29. The molecule has 0 radical (unpaired) electrons. The van der Waals surface area contributed by atoms with Gasteiger partial charge in [-0.3, -0.25) is 0 Å². The van der Waals surface area contributed by atoms with Crippen LogP contribution in [0.2, 0.25) is 0 Å². The average Bonchev–Trinajstić information content (AvgIpc) is 2.71. The highest BCUT2D eigenvalue weighted by Gasteiger charge is 2.32. The molecule has 0 aromatic rings. The Bertz CT molecular complexity index is 246. The van der Waals surface area contributed by atoms with E-state index in [0.29, 0.717) is 11.5 Å². The maximum Gasteiger partial charge on any atom is 0.0603 e. The molecule has 0 aromatic carbocycles. The van der Waals surface area contributed by atoms with Crippen molar-refractivity contribution in [1.29, 1.82) is 0 Å². The lowest BCUT2D eigenvalue weighted by molar-refractivity contribution is -0.0520. The summed E-state index contributed by atoms with van der Waals surface area (Å²) in [5, 5.41) is 0. The Labute approximate surface area is 125 Å². The van der Waals surface area contributed by atoms with E-state index in [2.05, 4.69) is 19.6 Å². The molecule has 0 amide bonds. The SMILES string of the molecule is CCC1CCCCC1OCC1(CS)CCCCCC1. The van der Waals surface area contributed by atoms with Crippen LogP contribution in [0, 0.1) is 11.3 Å². The third-order valence-corrected chi connectivity index (χ3v) is 6.14. The molecule has 0 heterocycles. The van der Waals surface area contributed by atoms with Gasteiger partial charge < -0.3 is 4.74 Å². The van der Waals surface area contributed by atoms with Crippen LogP contribution in [0.1, 0.15) is 77.6 Å². The van der Waals surface area contributed by atoms with Crippen molar-refractivity contribution in [3.8, 4) is 0 Å².